The maximum Gasteiger partial charge on any atom is 0.243 e. The van der Waals surface area contributed by atoms with Crippen molar-refractivity contribution in [3.05, 3.63) is 42.1 Å². The van der Waals surface area contributed by atoms with Crippen LogP contribution in [0.15, 0.2) is 36.5 Å². The molecule has 4 nitrogen and oxygen atoms in total. The van der Waals surface area contributed by atoms with Gasteiger partial charge in [0.15, 0.2) is 0 Å². The number of nitrogens with one attached hydrogen (secondary N) is 2. The third kappa shape index (κ3) is 3.43. The molecule has 0 radical (unpaired) electrons. The van der Waals surface area contributed by atoms with E-state index in [4.69, 9.17) is 5.73 Å². The Morgan fingerprint density at radius 2 is 1.77 bits per heavy atom. The molecule has 22 heavy (non-hydrogen) atoms. The Morgan fingerprint density at radius 3 is 2.45 bits per heavy atom. The average Bonchev–Trinajstić information content (AvgIpc) is 2.99. The highest BCUT2D eigenvalue weighted by Crippen LogP contribution is 2.29. The first-order valence-corrected chi connectivity index (χ1v) is 8.22. The molecule has 1 amide bonds. The fourth-order valence-corrected chi connectivity index (χ4v) is 3.56. The number of amides is 1. The highest BCUT2D eigenvalue weighted by molar-refractivity contribution is 5.84. The van der Waals surface area contributed by atoms with Crippen molar-refractivity contribution in [1.82, 2.24) is 10.6 Å². The Bertz CT molecular complexity index is 546. The van der Waals surface area contributed by atoms with Crippen molar-refractivity contribution in [2.24, 2.45) is 5.92 Å². The van der Waals surface area contributed by atoms with E-state index in [9.17, 15) is 4.79 Å². The number of carbonyl (C=O) groups excluding carboxylic acids is 1. The first kappa shape index (κ1) is 14.9. The van der Waals surface area contributed by atoms with E-state index in [1.807, 2.05) is 24.3 Å². The van der Waals surface area contributed by atoms with Gasteiger partial charge in [0.25, 0.3) is 0 Å². The summed E-state index contributed by atoms with van der Waals surface area (Å²) in [5.41, 5.74) is 8.53. The van der Waals surface area contributed by atoms with Crippen molar-refractivity contribution in [3.63, 3.8) is 0 Å². The molecule has 2 atom stereocenters. The zero-order chi connectivity index (χ0) is 15.5. The van der Waals surface area contributed by atoms with E-state index in [0.717, 1.165) is 29.8 Å². The van der Waals surface area contributed by atoms with Crippen LogP contribution in [0.3, 0.4) is 0 Å². The summed E-state index contributed by atoms with van der Waals surface area (Å²) in [7, 11) is 0. The predicted molar refractivity (Wildman–Crippen MR) is 89.1 cm³/mol. The molecular weight excluding hydrogens is 274 g/mol. The Morgan fingerprint density at radius 1 is 1.09 bits per heavy atom. The van der Waals surface area contributed by atoms with Gasteiger partial charge in [0.05, 0.1) is 6.04 Å². The molecular formula is C18H25N3O. The fourth-order valence-electron chi connectivity index (χ4n) is 3.56. The van der Waals surface area contributed by atoms with Crippen molar-refractivity contribution in [3.8, 4) is 0 Å². The molecule has 4 N–H and O–H groups in total. The SMILES string of the molecule is C=C1N[C@@H](CC2CCCC2)C(=O)N[C@H]1Cc1ccc(N)cc1. The molecule has 1 aromatic carbocycles. The van der Waals surface area contributed by atoms with Gasteiger partial charge in [-0.05, 0) is 36.5 Å². The van der Waals surface area contributed by atoms with Crippen LogP contribution in [0, 0.1) is 5.92 Å². The Labute approximate surface area is 132 Å². The summed E-state index contributed by atoms with van der Waals surface area (Å²) in [5, 5.41) is 6.46. The number of nitrogen functional groups attached to an aromatic ring is 1. The second-order valence-electron chi connectivity index (χ2n) is 6.62. The third-order valence-corrected chi connectivity index (χ3v) is 4.88. The van der Waals surface area contributed by atoms with Crippen LogP contribution in [0.5, 0.6) is 0 Å². The van der Waals surface area contributed by atoms with Crippen LogP contribution in [0.25, 0.3) is 0 Å². The van der Waals surface area contributed by atoms with Gasteiger partial charge in [0, 0.05) is 11.4 Å². The van der Waals surface area contributed by atoms with Gasteiger partial charge in [0.1, 0.15) is 6.04 Å². The van der Waals surface area contributed by atoms with Crippen LogP contribution < -0.4 is 16.4 Å². The molecule has 1 saturated carbocycles. The highest BCUT2D eigenvalue weighted by Gasteiger charge is 2.32. The maximum atomic E-state index is 12.3. The van der Waals surface area contributed by atoms with E-state index in [1.54, 1.807) is 0 Å². The molecule has 118 valence electrons. The normalized spacial score (nSPS) is 25.8. The highest BCUT2D eigenvalue weighted by atomic mass is 16.2. The second kappa shape index (κ2) is 6.42. The summed E-state index contributed by atoms with van der Waals surface area (Å²) in [4.78, 5) is 12.3. The van der Waals surface area contributed by atoms with Gasteiger partial charge < -0.3 is 16.4 Å². The minimum Gasteiger partial charge on any atom is -0.399 e. The van der Waals surface area contributed by atoms with Crippen LogP contribution in [0.2, 0.25) is 0 Å². The molecule has 0 bridgehead atoms. The van der Waals surface area contributed by atoms with E-state index in [1.165, 1.54) is 25.7 Å². The van der Waals surface area contributed by atoms with Crippen LogP contribution in [0.1, 0.15) is 37.7 Å². The molecule has 1 saturated heterocycles. The van der Waals surface area contributed by atoms with Gasteiger partial charge >= 0.3 is 0 Å². The molecule has 4 heteroatoms. The largest absolute Gasteiger partial charge is 0.399 e. The topological polar surface area (TPSA) is 67.2 Å². The summed E-state index contributed by atoms with van der Waals surface area (Å²) in [5.74, 6) is 0.796. The Balaban J connectivity index is 1.58. The third-order valence-electron chi connectivity index (χ3n) is 4.88. The van der Waals surface area contributed by atoms with Crippen molar-refractivity contribution in [1.29, 1.82) is 0 Å². The monoisotopic (exact) mass is 299 g/mol. The first-order valence-electron chi connectivity index (χ1n) is 8.22. The lowest BCUT2D eigenvalue weighted by atomic mass is 9.94. The smallest absolute Gasteiger partial charge is 0.243 e. The van der Waals surface area contributed by atoms with Gasteiger partial charge in [-0.25, -0.2) is 0 Å². The van der Waals surface area contributed by atoms with Gasteiger partial charge in [-0.3, -0.25) is 4.79 Å². The van der Waals surface area contributed by atoms with E-state index in [0.29, 0.717) is 5.92 Å². The van der Waals surface area contributed by atoms with Crippen molar-refractivity contribution >= 4 is 11.6 Å². The zero-order valence-electron chi connectivity index (χ0n) is 13.0. The summed E-state index contributed by atoms with van der Waals surface area (Å²) in [6, 6.07) is 7.62. The number of hydrogen-bond donors (Lipinski definition) is 3. The molecule has 0 spiro atoms. The lowest BCUT2D eigenvalue weighted by molar-refractivity contribution is -0.125. The van der Waals surface area contributed by atoms with Gasteiger partial charge in [0.2, 0.25) is 5.91 Å². The maximum absolute atomic E-state index is 12.3. The average molecular weight is 299 g/mol. The first-order chi connectivity index (χ1) is 10.6. The van der Waals surface area contributed by atoms with E-state index in [-0.39, 0.29) is 18.0 Å². The zero-order valence-corrected chi connectivity index (χ0v) is 13.0. The van der Waals surface area contributed by atoms with Crippen LogP contribution in [-0.4, -0.2) is 18.0 Å². The predicted octanol–water partition coefficient (Wildman–Crippen LogP) is 2.36. The van der Waals surface area contributed by atoms with E-state index >= 15 is 0 Å². The molecule has 2 fully saturated rings. The number of benzene rings is 1. The number of hydrogen-bond acceptors (Lipinski definition) is 3. The number of anilines is 1. The second-order valence-corrected chi connectivity index (χ2v) is 6.62. The molecule has 0 aromatic heterocycles. The minimum absolute atomic E-state index is 0.0454. The number of nitrogens with two attached hydrogens (primary N) is 1. The molecule has 0 unspecified atom stereocenters. The van der Waals surface area contributed by atoms with Crippen LogP contribution in [0.4, 0.5) is 5.69 Å². The minimum atomic E-state index is -0.113. The molecule has 1 aromatic rings. The van der Waals surface area contributed by atoms with Crippen molar-refractivity contribution in [2.45, 2.75) is 50.6 Å². The van der Waals surface area contributed by atoms with Crippen molar-refractivity contribution in [2.75, 3.05) is 5.73 Å². The summed E-state index contributed by atoms with van der Waals surface area (Å²) >= 11 is 0. The molecule has 1 aliphatic carbocycles. The van der Waals surface area contributed by atoms with Gasteiger partial charge in [-0.1, -0.05) is 44.4 Å². The Hall–Kier alpha value is -1.97. The summed E-state index contributed by atoms with van der Waals surface area (Å²) < 4.78 is 0. The standard InChI is InChI=1S/C18H25N3O/c1-12-16(10-14-6-8-15(19)9-7-14)21-18(22)17(20-12)11-13-4-2-3-5-13/h6-9,13,16-17,20H,1-5,10-11,19H2,(H,21,22)/t16-,17-/m0/s1. The molecule has 3 rings (SSSR count). The molecule has 1 heterocycles. The molecule has 2 aliphatic rings. The summed E-state index contributed by atoms with van der Waals surface area (Å²) in [6.45, 7) is 4.12. The van der Waals surface area contributed by atoms with Gasteiger partial charge in [-0.2, -0.15) is 0 Å². The number of rotatable bonds is 4. The molecule has 1 aliphatic heterocycles. The van der Waals surface area contributed by atoms with Crippen LogP contribution >= 0.6 is 0 Å². The quantitative estimate of drug-likeness (QED) is 0.748. The van der Waals surface area contributed by atoms with E-state index < -0.39 is 0 Å². The fraction of sp³-hybridized carbons (Fsp3) is 0.500. The number of carbonyl (C=O) groups is 1. The summed E-state index contributed by atoms with van der Waals surface area (Å²) in [6.07, 6.45) is 6.80. The van der Waals surface area contributed by atoms with Gasteiger partial charge in [-0.15, -0.1) is 0 Å². The Kier molecular flexibility index (Phi) is 4.36. The lowest BCUT2D eigenvalue weighted by Gasteiger charge is -2.34. The van der Waals surface area contributed by atoms with E-state index in [2.05, 4.69) is 17.2 Å². The van der Waals surface area contributed by atoms with Crippen LogP contribution in [-0.2, 0) is 11.2 Å². The van der Waals surface area contributed by atoms with Crippen molar-refractivity contribution < 1.29 is 4.79 Å². The number of piperazine rings is 1. The lowest BCUT2D eigenvalue weighted by Crippen LogP contribution is -2.57.